The van der Waals surface area contributed by atoms with Gasteiger partial charge in [-0.3, -0.25) is 0 Å². The smallest absolute Gasteiger partial charge is 0.133 e. The molecule has 1 heterocycles. The second-order valence-electron chi connectivity index (χ2n) is 4.76. The van der Waals surface area contributed by atoms with Gasteiger partial charge in [0.15, 0.2) is 0 Å². The van der Waals surface area contributed by atoms with Crippen molar-refractivity contribution in [2.24, 2.45) is 0 Å². The molecule has 0 aliphatic heterocycles. The zero-order valence-electron chi connectivity index (χ0n) is 11.6. The monoisotopic (exact) mass is 236 g/mol. The fraction of sp³-hybridized carbons (Fsp3) is 0.692. The normalized spacial score (nSPS) is 10.9. The Bertz CT molecular complexity index is 349. The molecule has 0 saturated heterocycles. The predicted octanol–water partition coefficient (Wildman–Crippen LogP) is 1.95. The first kappa shape index (κ1) is 13.9. The van der Waals surface area contributed by atoms with Crippen LogP contribution in [0.1, 0.15) is 37.7 Å². The van der Waals surface area contributed by atoms with Crippen molar-refractivity contribution in [3.05, 3.63) is 17.6 Å². The van der Waals surface area contributed by atoms with Crippen molar-refractivity contribution in [2.75, 3.05) is 32.1 Å². The Labute approximate surface area is 104 Å². The van der Waals surface area contributed by atoms with E-state index in [0.29, 0.717) is 5.92 Å². The van der Waals surface area contributed by atoms with E-state index < -0.39 is 0 Å². The topological polar surface area (TPSA) is 41.0 Å². The van der Waals surface area contributed by atoms with E-state index in [1.807, 2.05) is 20.0 Å². The van der Waals surface area contributed by atoms with E-state index in [-0.39, 0.29) is 0 Å². The molecule has 1 aromatic rings. The molecular weight excluding hydrogens is 212 g/mol. The quantitative estimate of drug-likeness (QED) is 0.767. The molecule has 0 saturated carbocycles. The van der Waals surface area contributed by atoms with Crippen LogP contribution in [0.4, 0.5) is 5.82 Å². The summed E-state index contributed by atoms with van der Waals surface area (Å²) in [6, 6.07) is 2.05. The first-order valence-corrected chi connectivity index (χ1v) is 6.26. The highest BCUT2D eigenvalue weighted by Crippen LogP contribution is 2.16. The van der Waals surface area contributed by atoms with Gasteiger partial charge in [-0.05, 0) is 26.9 Å². The van der Waals surface area contributed by atoms with Crippen LogP contribution >= 0.6 is 0 Å². The van der Waals surface area contributed by atoms with Gasteiger partial charge in [-0.1, -0.05) is 13.8 Å². The molecule has 17 heavy (non-hydrogen) atoms. The fourth-order valence-electron chi connectivity index (χ4n) is 1.64. The molecule has 0 atom stereocenters. The molecule has 1 rings (SSSR count). The van der Waals surface area contributed by atoms with E-state index in [1.165, 1.54) is 0 Å². The van der Waals surface area contributed by atoms with E-state index in [2.05, 4.69) is 41.1 Å². The van der Waals surface area contributed by atoms with Gasteiger partial charge in [-0.25, -0.2) is 9.97 Å². The Morgan fingerprint density at radius 1 is 1.35 bits per heavy atom. The Hall–Kier alpha value is -1.16. The van der Waals surface area contributed by atoms with Crippen LogP contribution in [-0.2, 0) is 0 Å². The first-order valence-electron chi connectivity index (χ1n) is 6.26. The summed E-state index contributed by atoms with van der Waals surface area (Å²) in [6.07, 6.45) is 1.12. The van der Waals surface area contributed by atoms with E-state index in [4.69, 9.17) is 0 Å². The van der Waals surface area contributed by atoms with Gasteiger partial charge in [-0.15, -0.1) is 0 Å². The van der Waals surface area contributed by atoms with Crippen molar-refractivity contribution < 1.29 is 0 Å². The Morgan fingerprint density at radius 2 is 2.06 bits per heavy atom. The summed E-state index contributed by atoms with van der Waals surface area (Å²) in [4.78, 5) is 11.3. The van der Waals surface area contributed by atoms with Crippen LogP contribution in [0.25, 0.3) is 0 Å². The molecule has 0 amide bonds. The minimum absolute atomic E-state index is 0.374. The van der Waals surface area contributed by atoms with Crippen molar-refractivity contribution in [3.8, 4) is 0 Å². The van der Waals surface area contributed by atoms with Crippen molar-refractivity contribution in [1.29, 1.82) is 0 Å². The van der Waals surface area contributed by atoms with Gasteiger partial charge in [0.25, 0.3) is 0 Å². The number of nitrogens with one attached hydrogen (secondary N) is 1. The zero-order valence-corrected chi connectivity index (χ0v) is 11.6. The molecule has 4 heteroatoms. The van der Waals surface area contributed by atoms with Gasteiger partial charge in [0.1, 0.15) is 11.6 Å². The molecular formula is C13H24N4. The fourth-order valence-corrected chi connectivity index (χ4v) is 1.64. The SMILES string of the molecule is CNCCCN(C)c1cc(C)nc(C(C)C)n1. The van der Waals surface area contributed by atoms with Crippen LogP contribution in [0.15, 0.2) is 6.07 Å². The lowest BCUT2D eigenvalue weighted by Gasteiger charge is -2.19. The van der Waals surface area contributed by atoms with E-state index in [1.54, 1.807) is 0 Å². The molecule has 4 nitrogen and oxygen atoms in total. The Balaban J connectivity index is 2.75. The summed E-state index contributed by atoms with van der Waals surface area (Å²) in [5, 5.41) is 3.16. The van der Waals surface area contributed by atoms with E-state index in [9.17, 15) is 0 Å². The maximum Gasteiger partial charge on any atom is 0.133 e. The number of aromatic nitrogens is 2. The minimum Gasteiger partial charge on any atom is -0.360 e. The summed E-state index contributed by atoms with van der Waals surface area (Å²) in [5.74, 6) is 2.33. The van der Waals surface area contributed by atoms with Gasteiger partial charge in [0, 0.05) is 31.3 Å². The lowest BCUT2D eigenvalue weighted by molar-refractivity contribution is 0.701. The summed E-state index contributed by atoms with van der Waals surface area (Å²) in [7, 11) is 4.06. The summed E-state index contributed by atoms with van der Waals surface area (Å²) in [5.41, 5.74) is 1.04. The van der Waals surface area contributed by atoms with Crippen LogP contribution in [0.3, 0.4) is 0 Å². The largest absolute Gasteiger partial charge is 0.360 e. The van der Waals surface area contributed by atoms with Crippen molar-refractivity contribution in [1.82, 2.24) is 15.3 Å². The second-order valence-corrected chi connectivity index (χ2v) is 4.76. The Morgan fingerprint density at radius 3 is 2.65 bits per heavy atom. The highest BCUT2D eigenvalue weighted by Gasteiger charge is 2.08. The molecule has 0 fully saturated rings. The van der Waals surface area contributed by atoms with Crippen LogP contribution < -0.4 is 10.2 Å². The van der Waals surface area contributed by atoms with Crippen LogP contribution in [0.5, 0.6) is 0 Å². The van der Waals surface area contributed by atoms with E-state index >= 15 is 0 Å². The number of hydrogen-bond donors (Lipinski definition) is 1. The number of aryl methyl sites for hydroxylation is 1. The van der Waals surface area contributed by atoms with E-state index in [0.717, 1.165) is 36.8 Å². The van der Waals surface area contributed by atoms with Crippen LogP contribution in [0, 0.1) is 6.92 Å². The maximum atomic E-state index is 4.61. The molecule has 0 unspecified atom stereocenters. The van der Waals surface area contributed by atoms with Crippen molar-refractivity contribution >= 4 is 5.82 Å². The van der Waals surface area contributed by atoms with Gasteiger partial charge < -0.3 is 10.2 Å². The molecule has 0 aromatic carbocycles. The van der Waals surface area contributed by atoms with Crippen molar-refractivity contribution in [2.45, 2.75) is 33.1 Å². The minimum atomic E-state index is 0.374. The zero-order chi connectivity index (χ0) is 12.8. The molecule has 1 aromatic heterocycles. The average Bonchev–Trinajstić information content (AvgIpc) is 2.28. The molecule has 0 bridgehead atoms. The second kappa shape index (κ2) is 6.55. The predicted molar refractivity (Wildman–Crippen MR) is 72.7 cm³/mol. The average molecular weight is 236 g/mol. The molecule has 0 radical (unpaired) electrons. The van der Waals surface area contributed by atoms with Crippen LogP contribution in [0.2, 0.25) is 0 Å². The Kier molecular flexibility index (Phi) is 5.35. The summed E-state index contributed by atoms with van der Waals surface area (Å²) in [6.45, 7) is 8.32. The molecule has 0 spiro atoms. The molecule has 0 aliphatic rings. The lowest BCUT2D eigenvalue weighted by Crippen LogP contribution is -2.23. The number of nitrogens with zero attached hydrogens (tertiary/aromatic N) is 3. The standard InChI is InChI=1S/C13H24N4/c1-10(2)13-15-11(3)9-12(16-13)17(5)8-6-7-14-4/h9-10,14H,6-8H2,1-5H3. The van der Waals surface area contributed by atoms with Crippen molar-refractivity contribution in [3.63, 3.8) is 0 Å². The van der Waals surface area contributed by atoms with Gasteiger partial charge in [0.05, 0.1) is 0 Å². The summed E-state index contributed by atoms with van der Waals surface area (Å²) < 4.78 is 0. The third-order valence-electron chi connectivity index (χ3n) is 2.69. The third kappa shape index (κ3) is 4.30. The summed E-state index contributed by atoms with van der Waals surface area (Å²) >= 11 is 0. The molecule has 96 valence electrons. The highest BCUT2D eigenvalue weighted by atomic mass is 15.2. The third-order valence-corrected chi connectivity index (χ3v) is 2.69. The van der Waals surface area contributed by atoms with Gasteiger partial charge in [0.2, 0.25) is 0 Å². The maximum absolute atomic E-state index is 4.61. The number of anilines is 1. The number of rotatable bonds is 6. The molecule has 1 N–H and O–H groups in total. The van der Waals surface area contributed by atoms with Gasteiger partial charge in [-0.2, -0.15) is 0 Å². The number of hydrogen-bond acceptors (Lipinski definition) is 4. The molecule has 0 aliphatic carbocycles. The van der Waals surface area contributed by atoms with Crippen LogP contribution in [-0.4, -0.2) is 37.2 Å². The highest BCUT2D eigenvalue weighted by molar-refractivity contribution is 5.38. The van der Waals surface area contributed by atoms with Gasteiger partial charge >= 0.3 is 0 Å². The lowest BCUT2D eigenvalue weighted by atomic mass is 10.2. The first-order chi connectivity index (χ1) is 8.04.